The highest BCUT2D eigenvalue weighted by Gasteiger charge is 2.19. The Kier molecular flexibility index (Phi) is 7.11. The van der Waals surface area contributed by atoms with Crippen LogP contribution in [0.2, 0.25) is 0 Å². The molecule has 3 rings (SSSR count). The number of amides is 1. The molecule has 6 nitrogen and oxygen atoms in total. The summed E-state index contributed by atoms with van der Waals surface area (Å²) in [5, 5.41) is 0.271. The zero-order valence-electron chi connectivity index (χ0n) is 15.6. The van der Waals surface area contributed by atoms with E-state index in [-0.39, 0.29) is 11.1 Å². The number of carbonyl (C=O) groups is 1. The molecule has 1 heterocycles. The first-order chi connectivity index (χ1) is 13.6. The molecule has 1 aliphatic heterocycles. The van der Waals surface area contributed by atoms with Crippen molar-refractivity contribution < 1.29 is 19.0 Å². The second-order valence-electron chi connectivity index (χ2n) is 6.06. The van der Waals surface area contributed by atoms with Gasteiger partial charge < -0.3 is 19.9 Å². The van der Waals surface area contributed by atoms with Gasteiger partial charge in [0, 0.05) is 0 Å². The number of amidine groups is 1. The van der Waals surface area contributed by atoms with Crippen LogP contribution in [-0.2, 0) is 9.53 Å². The number of thioether (sulfide) groups is 1. The van der Waals surface area contributed by atoms with Crippen molar-refractivity contribution in [2.45, 2.75) is 6.92 Å². The number of hydrogen-bond acceptors (Lipinski definition) is 6. The van der Waals surface area contributed by atoms with Crippen LogP contribution in [0.25, 0.3) is 6.08 Å². The summed E-state index contributed by atoms with van der Waals surface area (Å²) in [6.45, 7) is 3.89. The Bertz CT molecular complexity index is 895. The van der Waals surface area contributed by atoms with Crippen molar-refractivity contribution in [2.24, 2.45) is 10.7 Å². The zero-order valence-corrected chi connectivity index (χ0v) is 16.4. The number of aryl methyl sites for hydroxylation is 1. The second kappa shape index (κ2) is 9.96. The van der Waals surface area contributed by atoms with Gasteiger partial charge in [-0.25, -0.2) is 0 Å². The van der Waals surface area contributed by atoms with Gasteiger partial charge in [0.25, 0.3) is 5.91 Å². The normalized spacial score (nSPS) is 15.0. The minimum Gasteiger partial charge on any atom is -0.491 e. The van der Waals surface area contributed by atoms with Crippen LogP contribution in [0.15, 0.2) is 58.4 Å². The van der Waals surface area contributed by atoms with Gasteiger partial charge in [0.1, 0.15) is 24.7 Å². The number of nitrogens with zero attached hydrogens (tertiary/aromatic N) is 1. The lowest BCUT2D eigenvalue weighted by atomic mass is 10.2. The van der Waals surface area contributed by atoms with Gasteiger partial charge in [-0.3, -0.25) is 4.79 Å². The highest BCUT2D eigenvalue weighted by atomic mass is 32.2. The first kappa shape index (κ1) is 20.0. The van der Waals surface area contributed by atoms with Crippen LogP contribution >= 0.6 is 11.8 Å². The fourth-order valence-corrected chi connectivity index (χ4v) is 3.20. The molecule has 0 spiro atoms. The van der Waals surface area contributed by atoms with Crippen LogP contribution in [0.3, 0.4) is 0 Å². The van der Waals surface area contributed by atoms with Gasteiger partial charge in [-0.15, -0.1) is 0 Å². The number of ether oxygens (including phenoxy) is 3. The monoisotopic (exact) mass is 398 g/mol. The van der Waals surface area contributed by atoms with E-state index in [9.17, 15) is 4.79 Å². The highest BCUT2D eigenvalue weighted by Crippen LogP contribution is 2.27. The summed E-state index contributed by atoms with van der Waals surface area (Å²) in [6, 6.07) is 15.4. The quantitative estimate of drug-likeness (QED) is 0.515. The standard InChI is InChI=1S/C21H22N2O4S/c1-15-4-2-6-17(12-15)26-10-8-25-9-11-27-18-7-3-5-16(13-18)14-19-20(24)23-21(22)28-19/h2-7,12-14H,8-11H2,1H3,(H2,22,23,24). The van der Waals surface area contributed by atoms with E-state index in [1.165, 1.54) is 11.8 Å². The van der Waals surface area contributed by atoms with E-state index >= 15 is 0 Å². The van der Waals surface area contributed by atoms with E-state index in [0.717, 1.165) is 16.9 Å². The first-order valence-electron chi connectivity index (χ1n) is 8.88. The lowest BCUT2D eigenvalue weighted by Crippen LogP contribution is -2.12. The number of rotatable bonds is 9. The molecular formula is C21H22N2O4S. The summed E-state index contributed by atoms with van der Waals surface area (Å²) in [4.78, 5) is 15.9. The second-order valence-corrected chi connectivity index (χ2v) is 7.13. The van der Waals surface area contributed by atoms with Crippen LogP contribution in [0.5, 0.6) is 11.5 Å². The van der Waals surface area contributed by atoms with E-state index in [0.29, 0.717) is 37.1 Å². The predicted molar refractivity (Wildman–Crippen MR) is 112 cm³/mol. The maximum absolute atomic E-state index is 11.7. The molecule has 0 saturated carbocycles. The fourth-order valence-electron chi connectivity index (χ4n) is 2.52. The lowest BCUT2D eigenvalue weighted by molar-refractivity contribution is -0.113. The van der Waals surface area contributed by atoms with Gasteiger partial charge in [0.15, 0.2) is 5.17 Å². The summed E-state index contributed by atoms with van der Waals surface area (Å²) in [7, 11) is 0. The molecule has 2 aromatic carbocycles. The van der Waals surface area contributed by atoms with Crippen molar-refractivity contribution in [3.8, 4) is 11.5 Å². The Morgan fingerprint density at radius 2 is 1.68 bits per heavy atom. The fraction of sp³-hybridized carbons (Fsp3) is 0.238. The van der Waals surface area contributed by atoms with Crippen molar-refractivity contribution in [3.05, 3.63) is 64.6 Å². The Morgan fingerprint density at radius 3 is 2.32 bits per heavy atom. The molecule has 0 saturated heterocycles. The third kappa shape index (κ3) is 6.14. The van der Waals surface area contributed by atoms with E-state index in [1.54, 1.807) is 6.08 Å². The SMILES string of the molecule is Cc1cccc(OCCOCCOc2cccc(C=C3SC(N)=NC3=O)c2)c1. The topological polar surface area (TPSA) is 83.1 Å². The third-order valence-electron chi connectivity index (χ3n) is 3.78. The Labute approximate surface area is 168 Å². The highest BCUT2D eigenvalue weighted by molar-refractivity contribution is 8.18. The molecule has 0 radical (unpaired) electrons. The van der Waals surface area contributed by atoms with E-state index < -0.39 is 0 Å². The molecule has 0 aliphatic carbocycles. The van der Waals surface area contributed by atoms with Gasteiger partial charge >= 0.3 is 0 Å². The molecule has 0 unspecified atom stereocenters. The summed E-state index contributed by atoms with van der Waals surface area (Å²) < 4.78 is 16.9. The molecule has 2 aromatic rings. The van der Waals surface area contributed by atoms with Crippen molar-refractivity contribution in [2.75, 3.05) is 26.4 Å². The molecule has 146 valence electrons. The average Bonchev–Trinajstić information content (AvgIpc) is 2.98. The van der Waals surface area contributed by atoms with Crippen LogP contribution in [0.4, 0.5) is 0 Å². The van der Waals surface area contributed by atoms with Gasteiger partial charge in [-0.1, -0.05) is 24.3 Å². The van der Waals surface area contributed by atoms with Gasteiger partial charge in [-0.05, 0) is 60.2 Å². The van der Waals surface area contributed by atoms with Crippen molar-refractivity contribution in [1.82, 2.24) is 0 Å². The number of benzene rings is 2. The largest absolute Gasteiger partial charge is 0.491 e. The Hall–Kier alpha value is -2.77. The molecule has 0 atom stereocenters. The van der Waals surface area contributed by atoms with Gasteiger partial charge in [0.05, 0.1) is 18.1 Å². The van der Waals surface area contributed by atoms with Crippen LogP contribution in [0, 0.1) is 6.92 Å². The van der Waals surface area contributed by atoms with Crippen LogP contribution in [0.1, 0.15) is 11.1 Å². The predicted octanol–water partition coefficient (Wildman–Crippen LogP) is 3.40. The van der Waals surface area contributed by atoms with E-state index in [4.69, 9.17) is 19.9 Å². The number of hydrogen-bond donors (Lipinski definition) is 1. The summed E-state index contributed by atoms with van der Waals surface area (Å²) in [6.07, 6.45) is 1.75. The van der Waals surface area contributed by atoms with E-state index in [1.807, 2.05) is 55.5 Å². The van der Waals surface area contributed by atoms with Crippen LogP contribution in [-0.4, -0.2) is 37.5 Å². The molecule has 28 heavy (non-hydrogen) atoms. The molecule has 0 fully saturated rings. The van der Waals surface area contributed by atoms with E-state index in [2.05, 4.69) is 4.99 Å². The minimum absolute atomic E-state index is 0.271. The smallest absolute Gasteiger partial charge is 0.286 e. The maximum Gasteiger partial charge on any atom is 0.286 e. The lowest BCUT2D eigenvalue weighted by Gasteiger charge is -2.09. The molecular weight excluding hydrogens is 376 g/mol. The summed E-state index contributed by atoms with van der Waals surface area (Å²) in [5.41, 5.74) is 7.57. The Balaban J connectivity index is 1.36. The van der Waals surface area contributed by atoms with Crippen LogP contribution < -0.4 is 15.2 Å². The molecule has 2 N–H and O–H groups in total. The molecule has 7 heteroatoms. The molecule has 0 bridgehead atoms. The minimum atomic E-state index is -0.310. The zero-order chi connectivity index (χ0) is 19.8. The summed E-state index contributed by atoms with van der Waals surface area (Å²) >= 11 is 1.17. The van der Waals surface area contributed by atoms with Gasteiger partial charge in [0.2, 0.25) is 0 Å². The molecule has 0 aromatic heterocycles. The molecule has 1 aliphatic rings. The van der Waals surface area contributed by atoms with Crippen molar-refractivity contribution in [1.29, 1.82) is 0 Å². The number of aliphatic imine (C=N–C) groups is 1. The summed E-state index contributed by atoms with van der Waals surface area (Å²) in [5.74, 6) is 1.24. The third-order valence-corrected chi connectivity index (χ3v) is 4.59. The number of nitrogens with two attached hydrogens (primary N) is 1. The number of carbonyl (C=O) groups excluding carboxylic acids is 1. The van der Waals surface area contributed by atoms with Crippen molar-refractivity contribution in [3.63, 3.8) is 0 Å². The average molecular weight is 398 g/mol. The maximum atomic E-state index is 11.7. The first-order valence-corrected chi connectivity index (χ1v) is 9.70. The van der Waals surface area contributed by atoms with Gasteiger partial charge in [-0.2, -0.15) is 4.99 Å². The molecule has 1 amide bonds. The Morgan fingerprint density at radius 1 is 1.00 bits per heavy atom. The van der Waals surface area contributed by atoms with Crippen molar-refractivity contribution >= 4 is 28.9 Å².